The zero-order chi connectivity index (χ0) is 40.6. The molecule has 3 aromatic heterocycles. The van der Waals surface area contributed by atoms with Gasteiger partial charge in [0.2, 0.25) is 0 Å². The molecule has 0 aliphatic rings. The molecule has 0 N–H and O–H groups in total. The maximum absolute atomic E-state index is 6.17. The number of para-hydroxylation sites is 2. The lowest BCUT2D eigenvalue weighted by Crippen LogP contribution is -1.82. The van der Waals surface area contributed by atoms with Gasteiger partial charge >= 0.3 is 0 Å². The number of hydrogen-bond acceptors (Lipinski definition) is 3. The van der Waals surface area contributed by atoms with Crippen molar-refractivity contribution >= 4 is 85.0 Å². The molecule has 0 bridgehead atoms. The molecule has 0 atom stereocenters. The fourth-order valence-corrected chi connectivity index (χ4v) is 11.0. The summed E-state index contributed by atoms with van der Waals surface area (Å²) in [6.45, 7) is 6.47. The molecule has 0 spiro atoms. The maximum Gasteiger partial charge on any atom is 0.143 e. The summed E-state index contributed by atoms with van der Waals surface area (Å²) in [5.74, 6) is 0. The van der Waals surface area contributed by atoms with E-state index in [1.54, 1.807) is 0 Å². The highest BCUT2D eigenvalue weighted by Gasteiger charge is 2.14. The average molecular weight is 807 g/mol. The molecule has 0 aliphatic carbocycles. The number of thiophene rings is 2. The molecule has 0 radical (unpaired) electrons. The Bertz CT molecular complexity index is 3300. The zero-order valence-electron chi connectivity index (χ0n) is 33.8. The lowest BCUT2D eigenvalue weighted by Gasteiger charge is -2.06. The van der Waals surface area contributed by atoms with Crippen molar-refractivity contribution < 1.29 is 4.42 Å². The van der Waals surface area contributed by atoms with Gasteiger partial charge in [-0.3, -0.25) is 0 Å². The fourth-order valence-electron chi connectivity index (χ4n) is 8.45. The van der Waals surface area contributed by atoms with Crippen molar-refractivity contribution in [3.8, 4) is 33.4 Å². The Hall–Kier alpha value is -6.78. The summed E-state index contributed by atoms with van der Waals surface area (Å²) >= 11 is 3.80. The van der Waals surface area contributed by atoms with E-state index in [4.69, 9.17) is 4.42 Å². The average Bonchev–Trinajstić information content (AvgIpc) is 4.01. The van der Waals surface area contributed by atoms with Crippen molar-refractivity contribution in [2.24, 2.45) is 0 Å². The minimum Gasteiger partial charge on any atom is -0.455 e. The van der Waals surface area contributed by atoms with Gasteiger partial charge in [-0.2, -0.15) is 0 Å². The van der Waals surface area contributed by atoms with Gasteiger partial charge in [-0.05, 0) is 71.3 Å². The summed E-state index contributed by atoms with van der Waals surface area (Å²) < 4.78 is 11.7. The van der Waals surface area contributed by atoms with Crippen LogP contribution in [0.25, 0.3) is 95.7 Å². The summed E-state index contributed by atoms with van der Waals surface area (Å²) in [6.07, 6.45) is 0. The van der Waals surface area contributed by atoms with Crippen molar-refractivity contribution in [2.45, 2.75) is 20.8 Å². The molecular formula is C57H42OS2. The first-order valence-corrected chi connectivity index (χ1v) is 22.1. The van der Waals surface area contributed by atoms with Crippen molar-refractivity contribution in [1.82, 2.24) is 0 Å². The molecule has 0 fully saturated rings. The van der Waals surface area contributed by atoms with Gasteiger partial charge in [-0.25, -0.2) is 0 Å². The van der Waals surface area contributed by atoms with Crippen LogP contribution in [0.1, 0.15) is 16.7 Å². The Kier molecular flexibility index (Phi) is 10.1. The Morgan fingerprint density at radius 2 is 0.733 bits per heavy atom. The quantitative estimate of drug-likeness (QED) is 0.173. The van der Waals surface area contributed by atoms with Crippen LogP contribution >= 0.6 is 22.7 Å². The second-order valence-electron chi connectivity index (χ2n) is 15.3. The second kappa shape index (κ2) is 16.1. The smallest absolute Gasteiger partial charge is 0.143 e. The Labute approximate surface area is 358 Å². The molecule has 0 saturated heterocycles. The molecule has 3 heteroatoms. The topological polar surface area (TPSA) is 13.1 Å². The highest BCUT2D eigenvalue weighted by Crippen LogP contribution is 2.42. The fraction of sp³-hybridized carbons (Fsp3) is 0.0526. The van der Waals surface area contributed by atoms with Gasteiger partial charge in [-0.15, -0.1) is 22.7 Å². The SMILES string of the molecule is Cc1cccc2c1oc1c(-c3ccccc3)cccc12.Cc1cccc2c1sc1c(-c3ccccc3)cccc12.Cc1ccccc1-c1cccc2c1sc1ccccc12. The van der Waals surface area contributed by atoms with Crippen molar-refractivity contribution in [3.05, 3.63) is 217 Å². The molecular weight excluding hydrogens is 765 g/mol. The van der Waals surface area contributed by atoms with Crippen LogP contribution in [0.4, 0.5) is 0 Å². The minimum absolute atomic E-state index is 0.975. The van der Waals surface area contributed by atoms with Gasteiger partial charge < -0.3 is 4.42 Å². The third-order valence-electron chi connectivity index (χ3n) is 11.5. The summed E-state index contributed by atoms with van der Waals surface area (Å²) in [5, 5.41) is 7.86. The Balaban J connectivity index is 0.000000108. The van der Waals surface area contributed by atoms with Crippen LogP contribution in [0.15, 0.2) is 205 Å². The molecule has 1 nitrogen and oxygen atoms in total. The predicted octanol–water partition coefficient (Wildman–Crippen LogP) is 17.6. The van der Waals surface area contributed by atoms with E-state index in [-0.39, 0.29) is 0 Å². The summed E-state index contributed by atoms with van der Waals surface area (Å²) in [5.41, 5.74) is 13.5. The van der Waals surface area contributed by atoms with E-state index >= 15 is 0 Å². The monoisotopic (exact) mass is 806 g/mol. The Morgan fingerprint density at radius 1 is 0.283 bits per heavy atom. The molecule has 0 amide bonds. The maximum atomic E-state index is 6.17. The molecule has 0 saturated carbocycles. The normalized spacial score (nSPS) is 11.2. The number of rotatable bonds is 3. The van der Waals surface area contributed by atoms with Crippen molar-refractivity contribution in [2.75, 3.05) is 0 Å². The van der Waals surface area contributed by atoms with E-state index in [9.17, 15) is 0 Å². The van der Waals surface area contributed by atoms with Crippen LogP contribution in [-0.2, 0) is 0 Å². The number of aryl methyl sites for hydroxylation is 3. The van der Waals surface area contributed by atoms with Crippen LogP contribution in [0.3, 0.4) is 0 Å². The lowest BCUT2D eigenvalue weighted by molar-refractivity contribution is 0.667. The number of fused-ring (bicyclic) bond motifs is 9. The lowest BCUT2D eigenvalue weighted by atomic mass is 9.99. The van der Waals surface area contributed by atoms with Gasteiger partial charge in [0.15, 0.2) is 0 Å². The van der Waals surface area contributed by atoms with Crippen LogP contribution in [0.5, 0.6) is 0 Å². The van der Waals surface area contributed by atoms with E-state index in [1.807, 2.05) is 28.7 Å². The summed E-state index contributed by atoms with van der Waals surface area (Å²) in [4.78, 5) is 0. The number of hydrogen-bond donors (Lipinski definition) is 0. The summed E-state index contributed by atoms with van der Waals surface area (Å²) in [6, 6.07) is 70.8. The van der Waals surface area contributed by atoms with E-state index in [0.29, 0.717) is 0 Å². The van der Waals surface area contributed by atoms with E-state index in [1.165, 1.54) is 95.6 Å². The van der Waals surface area contributed by atoms with Crippen molar-refractivity contribution in [1.29, 1.82) is 0 Å². The van der Waals surface area contributed by atoms with Crippen LogP contribution < -0.4 is 0 Å². The van der Waals surface area contributed by atoms with Gasteiger partial charge in [0.1, 0.15) is 11.2 Å². The number of furan rings is 1. The van der Waals surface area contributed by atoms with Gasteiger partial charge in [0.05, 0.1) is 0 Å². The first kappa shape index (κ1) is 37.5. The van der Waals surface area contributed by atoms with E-state index in [2.05, 4.69) is 215 Å². The van der Waals surface area contributed by atoms with Gasteiger partial charge in [-0.1, -0.05) is 194 Å². The standard InChI is InChI=1S/C19H14O.2C19H14S/c1-13-7-5-11-16-17-12-6-10-15(19(17)20-18(13)16)14-8-3-2-4-9-14;1-13-7-2-3-8-14(13)16-10-6-11-17-15-9-4-5-12-18(15)20-19(16)17;1-13-7-5-11-16-17-12-6-10-15(19(17)20-18(13)16)14-8-3-2-4-9-14/h3*2-12H,1H3. The second-order valence-corrected chi connectivity index (χ2v) is 17.4. The van der Waals surface area contributed by atoms with Crippen LogP contribution in [0, 0.1) is 20.8 Å². The summed E-state index contributed by atoms with van der Waals surface area (Å²) in [7, 11) is 0. The largest absolute Gasteiger partial charge is 0.455 e. The van der Waals surface area contributed by atoms with Gasteiger partial charge in [0, 0.05) is 56.7 Å². The molecule has 12 aromatic rings. The van der Waals surface area contributed by atoms with Crippen LogP contribution in [-0.4, -0.2) is 0 Å². The first-order chi connectivity index (χ1) is 29.5. The zero-order valence-corrected chi connectivity index (χ0v) is 35.4. The molecule has 3 heterocycles. The highest BCUT2D eigenvalue weighted by molar-refractivity contribution is 7.26. The minimum atomic E-state index is 0.975. The third-order valence-corrected chi connectivity index (χ3v) is 14.1. The molecule has 0 unspecified atom stereocenters. The first-order valence-electron chi connectivity index (χ1n) is 20.4. The molecule has 60 heavy (non-hydrogen) atoms. The number of benzene rings is 9. The molecule has 288 valence electrons. The predicted molar refractivity (Wildman–Crippen MR) is 263 cm³/mol. The molecule has 9 aromatic carbocycles. The van der Waals surface area contributed by atoms with Crippen molar-refractivity contribution in [3.63, 3.8) is 0 Å². The van der Waals surface area contributed by atoms with E-state index in [0.717, 1.165) is 16.7 Å². The molecule has 0 aliphatic heterocycles. The van der Waals surface area contributed by atoms with Gasteiger partial charge in [0.25, 0.3) is 0 Å². The molecule has 12 rings (SSSR count). The van der Waals surface area contributed by atoms with E-state index < -0.39 is 0 Å². The third kappa shape index (κ3) is 6.86. The van der Waals surface area contributed by atoms with Crippen LogP contribution in [0.2, 0.25) is 0 Å². The highest BCUT2D eigenvalue weighted by atomic mass is 32.1. The Morgan fingerprint density at radius 3 is 1.45 bits per heavy atom.